The van der Waals surface area contributed by atoms with Crippen LogP contribution in [0.1, 0.15) is 0 Å². The van der Waals surface area contributed by atoms with E-state index in [1.807, 2.05) is 0 Å². The molecule has 2 heteroatoms. The van der Waals surface area contributed by atoms with Gasteiger partial charge in [0.05, 0.1) is 22.1 Å². The number of para-hydroxylation sites is 3. The molecule has 9 aromatic carbocycles. The van der Waals surface area contributed by atoms with Gasteiger partial charge in [0, 0.05) is 38.5 Å². The highest BCUT2D eigenvalue weighted by molar-refractivity contribution is 6.16. The fourth-order valence-corrected chi connectivity index (χ4v) is 8.76. The van der Waals surface area contributed by atoms with Crippen LogP contribution in [0.25, 0.3) is 99.5 Å². The van der Waals surface area contributed by atoms with Crippen LogP contribution in [0.15, 0.2) is 218 Å². The Morgan fingerprint density at radius 2 is 0.696 bits per heavy atom. The van der Waals surface area contributed by atoms with Gasteiger partial charge in [0.15, 0.2) is 0 Å². The molecule has 0 aliphatic heterocycles. The third-order valence-electron chi connectivity index (χ3n) is 11.3. The van der Waals surface area contributed by atoms with Crippen molar-refractivity contribution in [3.63, 3.8) is 0 Å². The van der Waals surface area contributed by atoms with Crippen LogP contribution < -0.4 is 0 Å². The maximum Gasteiger partial charge on any atom is 0.0619 e. The highest BCUT2D eigenvalue weighted by atomic mass is 15.0. The molecule has 11 aromatic rings. The quantitative estimate of drug-likeness (QED) is 0.162. The highest BCUT2D eigenvalue weighted by Crippen LogP contribution is 2.43. The van der Waals surface area contributed by atoms with Crippen molar-refractivity contribution in [2.24, 2.45) is 0 Å². The molecule has 11 rings (SSSR count). The van der Waals surface area contributed by atoms with Gasteiger partial charge in [-0.15, -0.1) is 0 Å². The Kier molecular flexibility index (Phi) is 7.53. The number of benzene rings is 9. The number of rotatable bonds is 6. The molecule has 0 unspecified atom stereocenters. The van der Waals surface area contributed by atoms with E-state index in [4.69, 9.17) is 0 Å². The van der Waals surface area contributed by atoms with Gasteiger partial charge < -0.3 is 9.13 Å². The van der Waals surface area contributed by atoms with Gasteiger partial charge in [0.2, 0.25) is 0 Å². The first-order valence-corrected chi connectivity index (χ1v) is 19.3. The first-order chi connectivity index (χ1) is 27.8. The standard InChI is InChI=1S/C54H36N2/c1-4-15-37(16-5-1)38-27-31-43(32-28-38)55-51-26-13-12-23-46(51)49-35-40(29-33-52(49)55)41-30-34-53-50(36-41)48-25-14-24-47(54(48)56(53)42-19-8-3-9-20-42)45-22-11-10-21-44(45)39-17-6-2-7-18-39/h1-36H. The molecule has 0 atom stereocenters. The zero-order valence-electron chi connectivity index (χ0n) is 30.7. The van der Waals surface area contributed by atoms with Crippen molar-refractivity contribution in [3.05, 3.63) is 218 Å². The van der Waals surface area contributed by atoms with E-state index < -0.39 is 0 Å². The summed E-state index contributed by atoms with van der Waals surface area (Å²) >= 11 is 0. The molecule has 0 saturated heterocycles. The van der Waals surface area contributed by atoms with E-state index in [-0.39, 0.29) is 0 Å². The van der Waals surface area contributed by atoms with Crippen LogP contribution >= 0.6 is 0 Å². The molecular formula is C54H36N2. The van der Waals surface area contributed by atoms with E-state index in [1.54, 1.807) is 0 Å². The summed E-state index contributed by atoms with van der Waals surface area (Å²) < 4.78 is 4.85. The van der Waals surface area contributed by atoms with Crippen molar-refractivity contribution in [1.29, 1.82) is 0 Å². The summed E-state index contributed by atoms with van der Waals surface area (Å²) in [5.74, 6) is 0. The maximum absolute atomic E-state index is 2.45. The molecule has 0 saturated carbocycles. The number of hydrogen-bond donors (Lipinski definition) is 0. The molecule has 56 heavy (non-hydrogen) atoms. The van der Waals surface area contributed by atoms with Crippen molar-refractivity contribution < 1.29 is 0 Å². The lowest BCUT2D eigenvalue weighted by atomic mass is 9.93. The minimum Gasteiger partial charge on any atom is -0.309 e. The summed E-state index contributed by atoms with van der Waals surface area (Å²) in [6, 6.07) is 79.3. The third-order valence-corrected chi connectivity index (χ3v) is 11.3. The minimum absolute atomic E-state index is 1.15. The highest BCUT2D eigenvalue weighted by Gasteiger charge is 2.20. The molecule has 0 aliphatic carbocycles. The average Bonchev–Trinajstić information content (AvgIpc) is 3.80. The molecule has 2 heterocycles. The molecule has 262 valence electrons. The lowest BCUT2D eigenvalue weighted by Gasteiger charge is -2.15. The fraction of sp³-hybridized carbons (Fsp3) is 0. The molecule has 0 spiro atoms. The number of fused-ring (bicyclic) bond motifs is 6. The second-order valence-corrected chi connectivity index (χ2v) is 14.5. The first-order valence-electron chi connectivity index (χ1n) is 19.3. The molecule has 0 bridgehead atoms. The minimum atomic E-state index is 1.15. The summed E-state index contributed by atoms with van der Waals surface area (Å²) in [6.45, 7) is 0. The van der Waals surface area contributed by atoms with E-state index >= 15 is 0 Å². The van der Waals surface area contributed by atoms with E-state index in [1.165, 1.54) is 88.1 Å². The Bertz CT molecular complexity index is 3210. The van der Waals surface area contributed by atoms with Gasteiger partial charge in [0.25, 0.3) is 0 Å². The van der Waals surface area contributed by atoms with E-state index in [0.717, 1.165) is 11.4 Å². The summed E-state index contributed by atoms with van der Waals surface area (Å²) in [7, 11) is 0. The van der Waals surface area contributed by atoms with Crippen LogP contribution in [0.3, 0.4) is 0 Å². The topological polar surface area (TPSA) is 9.86 Å². The Hall–Kier alpha value is -7.42. The van der Waals surface area contributed by atoms with Crippen LogP contribution in [0.2, 0.25) is 0 Å². The molecule has 0 aliphatic rings. The van der Waals surface area contributed by atoms with E-state index in [2.05, 4.69) is 228 Å². The second kappa shape index (κ2) is 13.2. The van der Waals surface area contributed by atoms with Crippen molar-refractivity contribution in [2.45, 2.75) is 0 Å². The second-order valence-electron chi connectivity index (χ2n) is 14.5. The molecule has 0 N–H and O–H groups in total. The van der Waals surface area contributed by atoms with Crippen molar-refractivity contribution in [1.82, 2.24) is 9.13 Å². The van der Waals surface area contributed by atoms with Crippen molar-refractivity contribution in [2.75, 3.05) is 0 Å². The Morgan fingerprint density at radius 3 is 1.41 bits per heavy atom. The Labute approximate surface area is 325 Å². The lowest BCUT2D eigenvalue weighted by molar-refractivity contribution is 1.18. The van der Waals surface area contributed by atoms with Gasteiger partial charge in [-0.1, -0.05) is 164 Å². The van der Waals surface area contributed by atoms with Crippen LogP contribution in [-0.2, 0) is 0 Å². The number of hydrogen-bond acceptors (Lipinski definition) is 0. The molecule has 0 amide bonds. The molecule has 0 fully saturated rings. The first kappa shape index (κ1) is 32.0. The summed E-state index contributed by atoms with van der Waals surface area (Å²) in [5.41, 5.74) is 16.8. The van der Waals surface area contributed by atoms with Gasteiger partial charge in [-0.25, -0.2) is 0 Å². The third kappa shape index (κ3) is 5.19. The van der Waals surface area contributed by atoms with Crippen LogP contribution in [-0.4, -0.2) is 9.13 Å². The van der Waals surface area contributed by atoms with Gasteiger partial charge in [-0.3, -0.25) is 0 Å². The van der Waals surface area contributed by atoms with Crippen molar-refractivity contribution >= 4 is 43.6 Å². The lowest BCUT2D eigenvalue weighted by Crippen LogP contribution is -1.96. The predicted octanol–water partition coefficient (Wildman–Crippen LogP) is 14.5. The Balaban J connectivity index is 1.09. The predicted molar refractivity (Wildman–Crippen MR) is 237 cm³/mol. The smallest absolute Gasteiger partial charge is 0.0619 e. The van der Waals surface area contributed by atoms with E-state index in [0.29, 0.717) is 0 Å². The van der Waals surface area contributed by atoms with Crippen molar-refractivity contribution in [3.8, 4) is 55.9 Å². The monoisotopic (exact) mass is 712 g/mol. The maximum atomic E-state index is 2.45. The summed E-state index contributed by atoms with van der Waals surface area (Å²) in [6.07, 6.45) is 0. The van der Waals surface area contributed by atoms with Gasteiger partial charge in [-0.05, 0) is 93.5 Å². The molecule has 0 radical (unpaired) electrons. The normalized spacial score (nSPS) is 11.6. The summed E-state index contributed by atoms with van der Waals surface area (Å²) in [5, 5.41) is 4.97. The zero-order valence-corrected chi connectivity index (χ0v) is 30.7. The van der Waals surface area contributed by atoms with Gasteiger partial charge >= 0.3 is 0 Å². The van der Waals surface area contributed by atoms with Gasteiger partial charge in [-0.2, -0.15) is 0 Å². The van der Waals surface area contributed by atoms with E-state index in [9.17, 15) is 0 Å². The zero-order chi connectivity index (χ0) is 37.0. The van der Waals surface area contributed by atoms with Crippen LogP contribution in [0.4, 0.5) is 0 Å². The largest absolute Gasteiger partial charge is 0.309 e. The average molecular weight is 713 g/mol. The number of nitrogens with zero attached hydrogens (tertiary/aromatic N) is 2. The number of aromatic nitrogens is 2. The summed E-state index contributed by atoms with van der Waals surface area (Å²) in [4.78, 5) is 0. The Morgan fingerprint density at radius 1 is 0.232 bits per heavy atom. The molecule has 2 aromatic heterocycles. The van der Waals surface area contributed by atoms with Crippen LogP contribution in [0.5, 0.6) is 0 Å². The SMILES string of the molecule is c1ccc(-c2ccc(-n3c4ccccc4c4cc(-c5ccc6c(c5)c5cccc(-c7ccccc7-c7ccccc7)c5n6-c5ccccc5)ccc43)cc2)cc1. The molecule has 2 nitrogen and oxygen atoms in total. The van der Waals surface area contributed by atoms with Gasteiger partial charge in [0.1, 0.15) is 0 Å². The molecular weight excluding hydrogens is 677 g/mol. The fourth-order valence-electron chi connectivity index (χ4n) is 8.76. The van der Waals surface area contributed by atoms with Crippen LogP contribution in [0, 0.1) is 0 Å².